The molecular weight excluding hydrogens is 470 g/mol. The van der Waals surface area contributed by atoms with Gasteiger partial charge in [-0.15, -0.1) is 11.3 Å². The molecule has 5 aromatic carbocycles. The lowest BCUT2D eigenvalue weighted by Gasteiger charge is -2.11. The van der Waals surface area contributed by atoms with Crippen LogP contribution in [0.2, 0.25) is 0 Å². The largest absolute Gasteiger partial charge is 0.217 e. The van der Waals surface area contributed by atoms with Gasteiger partial charge in [0.2, 0.25) is 0 Å². The van der Waals surface area contributed by atoms with Gasteiger partial charge in [0.1, 0.15) is 6.33 Å². The van der Waals surface area contributed by atoms with Crippen LogP contribution in [0.25, 0.3) is 65.2 Å². The van der Waals surface area contributed by atoms with Crippen LogP contribution in [-0.4, -0.2) is 15.0 Å². The molecule has 0 spiro atoms. The molecule has 4 heteroatoms. The van der Waals surface area contributed by atoms with Gasteiger partial charge in [0.25, 0.3) is 0 Å². The number of thiophene rings is 1. The highest BCUT2D eigenvalue weighted by atomic mass is 32.1. The van der Waals surface area contributed by atoms with Crippen LogP contribution in [0.5, 0.6) is 0 Å². The molecule has 0 aliphatic rings. The van der Waals surface area contributed by atoms with Crippen molar-refractivity contribution in [2.45, 2.75) is 0 Å². The summed E-state index contributed by atoms with van der Waals surface area (Å²) in [7, 11) is 0. The molecule has 0 atom stereocenters. The standard InChI is InChI=1S/C33H21N3S/c1-3-10-22(11-4-1)24-18-25(23-12-5-2-6-13-23)20-26(19-24)32-34-21-35-33(36-32)28-15-9-17-30-31(28)27-14-7-8-16-29(27)37-30/h1-21H. The average molecular weight is 492 g/mol. The van der Waals surface area contributed by atoms with E-state index in [-0.39, 0.29) is 0 Å². The number of hydrogen-bond donors (Lipinski definition) is 0. The maximum Gasteiger partial charge on any atom is 0.164 e. The van der Waals surface area contributed by atoms with Gasteiger partial charge in [-0.1, -0.05) is 91.0 Å². The zero-order chi connectivity index (χ0) is 24.6. The van der Waals surface area contributed by atoms with E-state index in [9.17, 15) is 0 Å². The molecule has 0 unspecified atom stereocenters. The third kappa shape index (κ3) is 3.98. The molecule has 2 aromatic heterocycles. The Kier molecular flexibility index (Phi) is 5.30. The summed E-state index contributed by atoms with van der Waals surface area (Å²) in [5.41, 5.74) is 6.57. The average Bonchev–Trinajstić information content (AvgIpc) is 3.37. The fourth-order valence-corrected chi connectivity index (χ4v) is 6.01. The Hall–Kier alpha value is -4.67. The molecule has 0 aliphatic carbocycles. The van der Waals surface area contributed by atoms with Crippen molar-refractivity contribution in [1.29, 1.82) is 0 Å². The molecule has 2 heterocycles. The normalized spacial score (nSPS) is 11.2. The van der Waals surface area contributed by atoms with Crippen LogP contribution in [-0.2, 0) is 0 Å². The minimum absolute atomic E-state index is 0.663. The molecule has 174 valence electrons. The zero-order valence-corrected chi connectivity index (χ0v) is 20.7. The first kappa shape index (κ1) is 21.6. The second-order valence-corrected chi connectivity index (χ2v) is 10.0. The summed E-state index contributed by atoms with van der Waals surface area (Å²) in [4.78, 5) is 14.2. The van der Waals surface area contributed by atoms with E-state index in [0.29, 0.717) is 11.6 Å². The lowest BCUT2D eigenvalue weighted by atomic mass is 9.96. The molecule has 0 N–H and O–H groups in total. The lowest BCUT2D eigenvalue weighted by molar-refractivity contribution is 1.07. The third-order valence-electron chi connectivity index (χ3n) is 6.62. The zero-order valence-electron chi connectivity index (χ0n) is 19.9. The van der Waals surface area contributed by atoms with Crippen molar-refractivity contribution in [3.8, 4) is 45.0 Å². The molecule has 0 bridgehead atoms. The third-order valence-corrected chi connectivity index (χ3v) is 7.76. The minimum atomic E-state index is 0.663. The quantitative estimate of drug-likeness (QED) is 0.247. The van der Waals surface area contributed by atoms with Crippen molar-refractivity contribution < 1.29 is 0 Å². The molecule has 37 heavy (non-hydrogen) atoms. The van der Waals surface area contributed by atoms with Crippen LogP contribution < -0.4 is 0 Å². The summed E-state index contributed by atoms with van der Waals surface area (Å²) in [5, 5.41) is 2.43. The Labute approximate surface area is 218 Å². The van der Waals surface area contributed by atoms with Gasteiger partial charge < -0.3 is 0 Å². The van der Waals surface area contributed by atoms with Gasteiger partial charge in [0.05, 0.1) is 0 Å². The monoisotopic (exact) mass is 491 g/mol. The van der Waals surface area contributed by atoms with Gasteiger partial charge >= 0.3 is 0 Å². The van der Waals surface area contributed by atoms with Crippen LogP contribution in [0.15, 0.2) is 128 Å². The van der Waals surface area contributed by atoms with Gasteiger partial charge in [-0.25, -0.2) is 15.0 Å². The van der Waals surface area contributed by atoms with Crippen molar-refractivity contribution in [3.63, 3.8) is 0 Å². The van der Waals surface area contributed by atoms with E-state index in [1.54, 1.807) is 17.7 Å². The molecule has 7 aromatic rings. The Bertz CT molecular complexity index is 1820. The SMILES string of the molecule is c1ccc(-c2cc(-c3ccccc3)cc(-c3ncnc(-c4cccc5sc6ccccc6c45)n3)c2)cc1. The van der Waals surface area contributed by atoms with Crippen molar-refractivity contribution in [2.75, 3.05) is 0 Å². The van der Waals surface area contributed by atoms with Crippen LogP contribution in [0.4, 0.5) is 0 Å². The fourth-order valence-electron chi connectivity index (χ4n) is 4.88. The summed E-state index contributed by atoms with van der Waals surface area (Å²) in [5.74, 6) is 1.35. The van der Waals surface area contributed by atoms with E-state index >= 15 is 0 Å². The van der Waals surface area contributed by atoms with Crippen molar-refractivity contribution in [3.05, 3.63) is 128 Å². The van der Waals surface area contributed by atoms with Crippen LogP contribution >= 0.6 is 11.3 Å². The Morgan fingerprint density at radius 1 is 0.459 bits per heavy atom. The first-order valence-electron chi connectivity index (χ1n) is 12.2. The van der Waals surface area contributed by atoms with E-state index < -0.39 is 0 Å². The minimum Gasteiger partial charge on any atom is -0.217 e. The van der Waals surface area contributed by atoms with Gasteiger partial charge in [0, 0.05) is 31.3 Å². The smallest absolute Gasteiger partial charge is 0.164 e. The predicted octanol–water partition coefficient (Wildman–Crippen LogP) is 8.91. The molecule has 0 saturated heterocycles. The second kappa shape index (κ2) is 9.08. The molecular formula is C33H21N3S. The van der Waals surface area contributed by atoms with Crippen LogP contribution in [0.3, 0.4) is 0 Å². The Morgan fingerprint density at radius 3 is 1.78 bits per heavy atom. The molecule has 0 aliphatic heterocycles. The number of aromatic nitrogens is 3. The summed E-state index contributed by atoms with van der Waals surface area (Å²) >= 11 is 1.80. The molecule has 0 amide bonds. The van der Waals surface area contributed by atoms with E-state index in [4.69, 9.17) is 4.98 Å². The highest BCUT2D eigenvalue weighted by Crippen LogP contribution is 2.39. The number of nitrogens with zero attached hydrogens (tertiary/aromatic N) is 3. The maximum absolute atomic E-state index is 5.00. The predicted molar refractivity (Wildman–Crippen MR) is 154 cm³/mol. The van der Waals surface area contributed by atoms with Crippen molar-refractivity contribution in [2.24, 2.45) is 0 Å². The van der Waals surface area contributed by atoms with E-state index in [2.05, 4.69) is 119 Å². The van der Waals surface area contributed by atoms with Crippen LogP contribution in [0.1, 0.15) is 0 Å². The number of rotatable bonds is 4. The summed E-state index contributed by atoms with van der Waals surface area (Å²) in [6.45, 7) is 0. The summed E-state index contributed by atoms with van der Waals surface area (Å²) in [6.07, 6.45) is 1.63. The van der Waals surface area contributed by atoms with Gasteiger partial charge in [-0.05, 0) is 52.6 Å². The Morgan fingerprint density at radius 2 is 1.05 bits per heavy atom. The lowest BCUT2D eigenvalue weighted by Crippen LogP contribution is -1.96. The number of hydrogen-bond acceptors (Lipinski definition) is 4. The van der Waals surface area contributed by atoms with Crippen molar-refractivity contribution in [1.82, 2.24) is 15.0 Å². The fraction of sp³-hybridized carbons (Fsp3) is 0. The molecule has 0 radical (unpaired) electrons. The highest BCUT2D eigenvalue weighted by molar-refractivity contribution is 7.25. The molecule has 0 saturated carbocycles. The van der Waals surface area contributed by atoms with Gasteiger partial charge in [0.15, 0.2) is 11.6 Å². The van der Waals surface area contributed by atoms with E-state index in [1.807, 2.05) is 12.1 Å². The van der Waals surface area contributed by atoms with E-state index in [1.165, 1.54) is 20.2 Å². The van der Waals surface area contributed by atoms with Gasteiger partial charge in [-0.3, -0.25) is 0 Å². The topological polar surface area (TPSA) is 38.7 Å². The first-order valence-corrected chi connectivity index (χ1v) is 13.0. The second-order valence-electron chi connectivity index (χ2n) is 8.94. The van der Waals surface area contributed by atoms with Crippen LogP contribution in [0, 0.1) is 0 Å². The summed E-state index contributed by atoms with van der Waals surface area (Å²) in [6, 6.07) is 42.3. The first-order chi connectivity index (χ1) is 18.3. The highest BCUT2D eigenvalue weighted by Gasteiger charge is 2.15. The molecule has 7 rings (SSSR count). The molecule has 0 fully saturated rings. The van der Waals surface area contributed by atoms with Crippen molar-refractivity contribution >= 4 is 31.5 Å². The van der Waals surface area contributed by atoms with Gasteiger partial charge in [-0.2, -0.15) is 0 Å². The van der Waals surface area contributed by atoms with E-state index in [0.717, 1.165) is 33.4 Å². The Balaban J connectivity index is 1.41. The molecule has 3 nitrogen and oxygen atoms in total. The number of fused-ring (bicyclic) bond motifs is 3. The maximum atomic E-state index is 5.00. The number of benzene rings is 5. The summed E-state index contributed by atoms with van der Waals surface area (Å²) < 4.78 is 2.50.